The van der Waals surface area contributed by atoms with E-state index < -0.39 is 11.4 Å². The van der Waals surface area contributed by atoms with Gasteiger partial charge in [-0.2, -0.15) is 0 Å². The number of ether oxygens (including phenoxy) is 2. The summed E-state index contributed by atoms with van der Waals surface area (Å²) in [7, 11) is 1.70. The van der Waals surface area contributed by atoms with Crippen LogP contribution in [0.5, 0.6) is 11.5 Å². The van der Waals surface area contributed by atoms with Crippen LogP contribution in [0.15, 0.2) is 59.0 Å². The Morgan fingerprint density at radius 1 is 1.03 bits per heavy atom. The zero-order valence-corrected chi connectivity index (χ0v) is 19.8. The van der Waals surface area contributed by atoms with Crippen LogP contribution in [0.4, 0.5) is 0 Å². The molecule has 0 radical (unpaired) electrons. The smallest absolute Gasteiger partial charge is 0.240 e. The Bertz CT molecular complexity index is 1200. The number of methoxy groups -OCH3 is 1. The first-order valence-corrected chi connectivity index (χ1v) is 12.3. The molecule has 0 aromatic heterocycles. The Morgan fingerprint density at radius 3 is 2.39 bits per heavy atom. The fraction of sp³-hybridized carbons (Fsp3) is 0.296. The predicted octanol–water partition coefficient (Wildman–Crippen LogP) is 6.11. The van der Waals surface area contributed by atoms with Gasteiger partial charge < -0.3 is 19.1 Å². The Balaban J connectivity index is 1.38. The third kappa shape index (κ3) is 4.09. The average Bonchev–Trinajstić information content (AvgIpc) is 3.36. The molecule has 3 aromatic carbocycles. The summed E-state index contributed by atoms with van der Waals surface area (Å²) in [5.74, 6) is 1.63. The highest BCUT2D eigenvalue weighted by Crippen LogP contribution is 2.42. The molecule has 1 heterocycles. The van der Waals surface area contributed by atoms with Gasteiger partial charge in [0.1, 0.15) is 29.0 Å². The zero-order valence-electron chi connectivity index (χ0n) is 19.0. The van der Waals surface area contributed by atoms with Crippen LogP contribution in [0.1, 0.15) is 52.0 Å². The summed E-state index contributed by atoms with van der Waals surface area (Å²) in [6.45, 7) is 4.27. The highest BCUT2D eigenvalue weighted by Gasteiger charge is 2.34. The first kappa shape index (κ1) is 21.9. The summed E-state index contributed by atoms with van der Waals surface area (Å²) in [5, 5.41) is 9.27. The summed E-state index contributed by atoms with van der Waals surface area (Å²) in [6, 6.07) is 18.3. The van der Waals surface area contributed by atoms with Gasteiger partial charge in [0.15, 0.2) is 5.25 Å². The zero-order chi connectivity index (χ0) is 23.1. The topological polar surface area (TPSA) is 74.1 Å². The summed E-state index contributed by atoms with van der Waals surface area (Å²) in [6.07, 6.45) is 2.21. The van der Waals surface area contributed by atoms with Crippen LogP contribution >= 0.6 is 0 Å². The molecule has 33 heavy (non-hydrogen) atoms. The Labute approximate surface area is 197 Å². The Morgan fingerprint density at radius 2 is 1.76 bits per heavy atom. The van der Waals surface area contributed by atoms with Crippen LogP contribution in [0, 0.1) is 13.8 Å². The molecule has 2 unspecified atom stereocenters. The molecule has 0 amide bonds. The normalized spacial score (nSPS) is 21.6. The lowest BCUT2D eigenvalue weighted by Crippen LogP contribution is -2.07. The van der Waals surface area contributed by atoms with Crippen molar-refractivity contribution < 1.29 is 19.1 Å². The monoisotopic (exact) mass is 461 g/mol. The average molecular weight is 462 g/mol. The van der Waals surface area contributed by atoms with Crippen LogP contribution in [-0.4, -0.2) is 22.7 Å². The van der Waals surface area contributed by atoms with Gasteiger partial charge in [-0.15, -0.1) is 0 Å². The van der Waals surface area contributed by atoms with E-state index in [-0.39, 0.29) is 17.3 Å². The quantitative estimate of drug-likeness (QED) is 0.465. The van der Waals surface area contributed by atoms with Gasteiger partial charge in [-0.05, 0) is 88.7 Å². The lowest BCUT2D eigenvalue weighted by Gasteiger charge is -2.18. The molecule has 6 heteroatoms. The van der Waals surface area contributed by atoms with E-state index in [1.807, 2.05) is 24.3 Å². The van der Waals surface area contributed by atoms with Crippen molar-refractivity contribution in [2.24, 2.45) is 4.40 Å². The molecule has 0 spiro atoms. The number of aliphatic hydroxyl groups excluding tert-OH is 1. The third-order valence-corrected chi connectivity index (χ3v) is 7.88. The van der Waals surface area contributed by atoms with E-state index in [2.05, 4.69) is 48.6 Å². The third-order valence-electron chi connectivity index (χ3n) is 6.56. The van der Waals surface area contributed by atoms with Crippen LogP contribution in [-0.2, 0) is 17.8 Å². The molecule has 5 rings (SSSR count). The van der Waals surface area contributed by atoms with Gasteiger partial charge in [0, 0.05) is 5.56 Å². The van der Waals surface area contributed by atoms with E-state index in [0.29, 0.717) is 6.42 Å². The largest absolute Gasteiger partial charge is 0.591 e. The summed E-state index contributed by atoms with van der Waals surface area (Å²) in [4.78, 5) is 0. The molecule has 0 saturated carbocycles. The number of rotatable bonds is 5. The molecule has 0 fully saturated rings. The van der Waals surface area contributed by atoms with Gasteiger partial charge in [-0.25, -0.2) is 0 Å². The van der Waals surface area contributed by atoms with Crippen molar-refractivity contribution >= 4 is 17.3 Å². The molecule has 170 valence electrons. The van der Waals surface area contributed by atoms with E-state index in [1.165, 1.54) is 33.4 Å². The number of hydrogen-bond donors (Lipinski definition) is 1. The number of hydrogen-bond acceptors (Lipinski definition) is 4. The van der Waals surface area contributed by atoms with Crippen LogP contribution in [0.2, 0.25) is 0 Å². The highest BCUT2D eigenvalue weighted by molar-refractivity contribution is 7.90. The van der Waals surface area contributed by atoms with Crippen molar-refractivity contribution in [3.05, 3.63) is 82.4 Å². The first-order chi connectivity index (χ1) is 15.9. The number of fused-ring (bicyclic) bond motifs is 1. The van der Waals surface area contributed by atoms with E-state index in [1.54, 1.807) is 7.11 Å². The van der Waals surface area contributed by atoms with Gasteiger partial charge in [0.25, 0.3) is 0 Å². The molecule has 1 N–H and O–H groups in total. The standard InChI is InChI=1S/C27H27NO4S/c1-16-13-20(31-3)14-17(2)27(16)23-6-4-5-22-21(23)11-12-24(22)32-19-9-7-18(8-10-19)25-15-26(29)28-33(25)30/h4-10,13-14,24-25H,11-12,15H2,1-3H3,(H,28,29)/t24-,25?,33?/m1/s1. The summed E-state index contributed by atoms with van der Waals surface area (Å²) < 4.78 is 27.6. The minimum atomic E-state index is -1.42. The number of nitrogens with zero attached hydrogens (tertiary/aromatic N) is 1. The minimum Gasteiger partial charge on any atom is -0.591 e. The second kappa shape index (κ2) is 8.76. The second-order valence-corrected chi connectivity index (χ2v) is 10.0. The van der Waals surface area contributed by atoms with Gasteiger partial charge in [-0.1, -0.05) is 30.3 Å². The molecular formula is C27H27NO4S. The van der Waals surface area contributed by atoms with Crippen molar-refractivity contribution in [2.45, 2.75) is 44.5 Å². The molecule has 3 aromatic rings. The van der Waals surface area contributed by atoms with E-state index in [4.69, 9.17) is 9.47 Å². The lowest BCUT2D eigenvalue weighted by molar-refractivity contribution is 0.207. The van der Waals surface area contributed by atoms with Gasteiger partial charge in [0.05, 0.1) is 13.5 Å². The molecule has 1 aliphatic heterocycles. The van der Waals surface area contributed by atoms with E-state index >= 15 is 0 Å². The Hall–Kier alpha value is -2.96. The van der Waals surface area contributed by atoms with Crippen molar-refractivity contribution in [1.82, 2.24) is 0 Å². The molecular weight excluding hydrogens is 434 g/mol. The van der Waals surface area contributed by atoms with E-state index in [0.717, 1.165) is 29.9 Å². The van der Waals surface area contributed by atoms with Crippen LogP contribution in [0.25, 0.3) is 11.1 Å². The van der Waals surface area contributed by atoms with Crippen molar-refractivity contribution in [3.63, 3.8) is 0 Å². The van der Waals surface area contributed by atoms with Crippen molar-refractivity contribution in [3.8, 4) is 22.6 Å². The number of benzene rings is 3. The van der Waals surface area contributed by atoms with Gasteiger partial charge >= 0.3 is 0 Å². The summed E-state index contributed by atoms with van der Waals surface area (Å²) >= 11 is -1.42. The Kier molecular flexibility index (Phi) is 5.81. The molecule has 3 atom stereocenters. The minimum absolute atomic E-state index is 0.00218. The first-order valence-electron chi connectivity index (χ1n) is 11.2. The van der Waals surface area contributed by atoms with Gasteiger partial charge in [-0.3, -0.25) is 0 Å². The van der Waals surface area contributed by atoms with Gasteiger partial charge in [0.2, 0.25) is 5.90 Å². The number of aryl methyl sites for hydroxylation is 2. The SMILES string of the molecule is COc1cc(C)c(-c2cccc3c2CC[C@H]3Oc2ccc(C3CC(O)=N[S+]3[O-])cc2)c(C)c1. The second-order valence-electron chi connectivity index (χ2n) is 8.70. The lowest BCUT2D eigenvalue weighted by atomic mass is 9.90. The molecule has 0 bridgehead atoms. The maximum absolute atomic E-state index is 12.0. The van der Waals surface area contributed by atoms with Crippen molar-refractivity contribution in [1.29, 1.82) is 0 Å². The molecule has 5 nitrogen and oxygen atoms in total. The molecule has 1 aliphatic carbocycles. The van der Waals surface area contributed by atoms with Crippen LogP contribution in [0.3, 0.4) is 0 Å². The fourth-order valence-corrected chi connectivity index (χ4v) is 6.13. The maximum atomic E-state index is 12.0. The highest BCUT2D eigenvalue weighted by atomic mass is 32.2. The van der Waals surface area contributed by atoms with Crippen molar-refractivity contribution in [2.75, 3.05) is 7.11 Å². The summed E-state index contributed by atoms with van der Waals surface area (Å²) in [5.41, 5.74) is 8.45. The molecule has 0 saturated heterocycles. The number of aliphatic hydroxyl groups is 1. The molecule has 2 aliphatic rings. The maximum Gasteiger partial charge on any atom is 0.240 e. The van der Waals surface area contributed by atoms with E-state index in [9.17, 15) is 9.66 Å². The predicted molar refractivity (Wildman–Crippen MR) is 132 cm³/mol. The fourth-order valence-electron chi connectivity index (χ4n) is 5.04. The van der Waals surface area contributed by atoms with Crippen LogP contribution < -0.4 is 9.47 Å².